The first-order valence-electron chi connectivity index (χ1n) is 10.4. The molecule has 1 heterocycles. The van der Waals surface area contributed by atoms with E-state index in [1.807, 2.05) is 25.1 Å². The molecule has 0 unspecified atom stereocenters. The van der Waals surface area contributed by atoms with Crippen molar-refractivity contribution in [2.45, 2.75) is 25.6 Å². The fourth-order valence-corrected chi connectivity index (χ4v) is 3.79. The summed E-state index contributed by atoms with van der Waals surface area (Å²) in [6, 6.07) is 15.6. The number of nitrogens with one attached hydrogen (secondary N) is 1. The topological polar surface area (TPSA) is 106 Å². The van der Waals surface area contributed by atoms with E-state index in [4.69, 9.17) is 18.9 Å². The van der Waals surface area contributed by atoms with Crippen molar-refractivity contribution >= 4 is 22.6 Å². The molecule has 0 fully saturated rings. The Kier molecular flexibility index (Phi) is 6.63. The van der Waals surface area contributed by atoms with Crippen molar-refractivity contribution in [1.29, 1.82) is 0 Å². The quantitative estimate of drug-likeness (QED) is 0.479. The van der Waals surface area contributed by atoms with E-state index in [9.17, 15) is 15.0 Å². The van der Waals surface area contributed by atoms with Gasteiger partial charge in [-0.2, -0.15) is 0 Å². The number of amides is 1. The van der Waals surface area contributed by atoms with Crippen LogP contribution in [-0.4, -0.2) is 42.4 Å². The first kappa shape index (κ1) is 21.7. The van der Waals surface area contributed by atoms with Gasteiger partial charge < -0.3 is 29.2 Å². The summed E-state index contributed by atoms with van der Waals surface area (Å²) < 4.78 is 22.3. The van der Waals surface area contributed by atoms with Crippen molar-refractivity contribution in [3.8, 4) is 17.2 Å². The third-order valence-corrected chi connectivity index (χ3v) is 5.23. The predicted molar refractivity (Wildman–Crippen MR) is 118 cm³/mol. The zero-order valence-corrected chi connectivity index (χ0v) is 17.6. The van der Waals surface area contributed by atoms with E-state index >= 15 is 0 Å². The van der Waals surface area contributed by atoms with E-state index in [1.54, 1.807) is 36.4 Å². The highest BCUT2D eigenvalue weighted by atomic mass is 16.7. The van der Waals surface area contributed by atoms with Gasteiger partial charge in [-0.1, -0.05) is 30.3 Å². The van der Waals surface area contributed by atoms with Crippen LogP contribution in [0.25, 0.3) is 10.8 Å². The van der Waals surface area contributed by atoms with Crippen LogP contribution in [0, 0.1) is 0 Å². The molecule has 1 aliphatic rings. The smallest absolute Gasteiger partial charge is 0.412 e. The minimum absolute atomic E-state index is 0.128. The van der Waals surface area contributed by atoms with Crippen LogP contribution < -0.4 is 14.8 Å². The molecule has 3 aromatic rings. The Morgan fingerprint density at radius 3 is 2.66 bits per heavy atom. The van der Waals surface area contributed by atoms with Crippen molar-refractivity contribution in [3.05, 3.63) is 60.2 Å². The molecule has 0 saturated carbocycles. The molecule has 0 bridgehead atoms. The molecule has 8 nitrogen and oxygen atoms in total. The molecule has 0 spiro atoms. The zero-order valence-electron chi connectivity index (χ0n) is 17.6. The van der Waals surface area contributed by atoms with Crippen molar-refractivity contribution in [1.82, 2.24) is 0 Å². The van der Waals surface area contributed by atoms with E-state index in [2.05, 4.69) is 5.32 Å². The Balaban J connectivity index is 1.64. The van der Waals surface area contributed by atoms with Gasteiger partial charge in [0, 0.05) is 42.3 Å². The number of benzene rings is 3. The number of aliphatic hydroxyl groups excluding tert-OH is 1. The van der Waals surface area contributed by atoms with Gasteiger partial charge in [-0.15, -0.1) is 0 Å². The highest BCUT2D eigenvalue weighted by Gasteiger charge is 2.29. The number of carbonyl (C=O) groups excluding carboxylic acids is 1. The second kappa shape index (κ2) is 9.76. The number of hydrogen-bond donors (Lipinski definition) is 3. The number of aliphatic hydroxyl groups is 1. The zero-order chi connectivity index (χ0) is 22.5. The number of ether oxygens (including phenoxy) is 4. The molecule has 4 rings (SSSR count). The Morgan fingerprint density at radius 1 is 1.09 bits per heavy atom. The molecule has 32 heavy (non-hydrogen) atoms. The summed E-state index contributed by atoms with van der Waals surface area (Å²) >= 11 is 0. The number of phenolic OH excluding ortho intramolecular Hbond substituents is 1. The molecule has 168 valence electrons. The van der Waals surface area contributed by atoms with Crippen molar-refractivity contribution in [2.75, 3.05) is 25.3 Å². The van der Waals surface area contributed by atoms with Crippen LogP contribution in [0.15, 0.2) is 54.6 Å². The largest absolute Gasteiger partial charge is 0.507 e. The van der Waals surface area contributed by atoms with Crippen LogP contribution in [0.4, 0.5) is 10.5 Å². The predicted octanol–water partition coefficient (Wildman–Crippen LogP) is 4.35. The molecule has 1 aliphatic heterocycles. The number of fused-ring (bicyclic) bond motifs is 2. The van der Waals surface area contributed by atoms with Crippen molar-refractivity contribution in [2.24, 2.45) is 0 Å². The Hall–Kier alpha value is -3.49. The normalized spacial score (nSPS) is 14.2. The fraction of sp³-hybridized carbons (Fsp3) is 0.292. The van der Waals surface area contributed by atoms with Crippen molar-refractivity contribution < 1.29 is 34.0 Å². The van der Waals surface area contributed by atoms with Gasteiger partial charge in [-0.3, -0.25) is 5.32 Å². The molecule has 1 amide bonds. The maximum Gasteiger partial charge on any atom is 0.412 e. The van der Waals surface area contributed by atoms with E-state index in [1.165, 1.54) is 0 Å². The number of phenols is 1. The average Bonchev–Trinajstić information content (AvgIpc) is 3.26. The number of anilines is 1. The molecule has 0 radical (unpaired) electrons. The minimum atomic E-state index is -0.818. The van der Waals surface area contributed by atoms with Gasteiger partial charge in [0.15, 0.2) is 17.6 Å². The van der Waals surface area contributed by atoms with Gasteiger partial charge in [0.05, 0.1) is 0 Å². The van der Waals surface area contributed by atoms with E-state index in [0.29, 0.717) is 34.7 Å². The summed E-state index contributed by atoms with van der Waals surface area (Å²) in [6.07, 6.45) is -1.82. The summed E-state index contributed by atoms with van der Waals surface area (Å²) in [4.78, 5) is 12.8. The first-order chi connectivity index (χ1) is 15.6. The highest BCUT2D eigenvalue weighted by Crippen LogP contribution is 2.37. The van der Waals surface area contributed by atoms with Crippen molar-refractivity contribution in [3.63, 3.8) is 0 Å². The molecule has 0 saturated heterocycles. The van der Waals surface area contributed by atoms with E-state index in [0.717, 1.165) is 5.39 Å². The summed E-state index contributed by atoms with van der Waals surface area (Å²) in [5, 5.41) is 23.9. The number of carbonyl (C=O) groups is 1. The average molecular weight is 439 g/mol. The van der Waals surface area contributed by atoms with Gasteiger partial charge in [0.25, 0.3) is 0 Å². The molecule has 0 aromatic heterocycles. The fourth-order valence-electron chi connectivity index (χ4n) is 3.79. The van der Waals surface area contributed by atoms with Crippen LogP contribution in [0.5, 0.6) is 17.2 Å². The van der Waals surface area contributed by atoms with Gasteiger partial charge >= 0.3 is 6.09 Å². The van der Waals surface area contributed by atoms with E-state index < -0.39 is 18.3 Å². The third kappa shape index (κ3) is 4.56. The molecule has 3 aromatic carbocycles. The molecule has 8 heteroatoms. The van der Waals surface area contributed by atoms with Crippen LogP contribution in [-0.2, 0) is 9.47 Å². The Labute approximate surface area is 185 Å². The van der Waals surface area contributed by atoms with Gasteiger partial charge in [-0.25, -0.2) is 4.79 Å². The molecular weight excluding hydrogens is 414 g/mol. The Morgan fingerprint density at radius 2 is 1.88 bits per heavy atom. The molecule has 2 atom stereocenters. The number of rotatable bonds is 8. The van der Waals surface area contributed by atoms with E-state index in [-0.39, 0.29) is 25.6 Å². The summed E-state index contributed by atoms with van der Waals surface area (Å²) in [5.41, 5.74) is 1.16. The standard InChI is InChI=1S/C24H25NO7/c1-2-29-21(11-12-26)23(18-8-9-19(27)17-6-4-3-5-16(17)18)32-24(28)25-15-7-10-20-22(13-15)31-14-30-20/h3-10,13,21,23,26-27H,2,11-12,14H2,1H3,(H,25,28)/t21-,23-/m0/s1. The lowest BCUT2D eigenvalue weighted by atomic mass is 9.95. The van der Waals surface area contributed by atoms with Crippen LogP contribution >= 0.6 is 0 Å². The van der Waals surface area contributed by atoms with Gasteiger partial charge in [-0.05, 0) is 30.5 Å². The van der Waals surface area contributed by atoms with Crippen LogP contribution in [0.1, 0.15) is 25.0 Å². The Bertz CT molecular complexity index is 1090. The summed E-state index contributed by atoms with van der Waals surface area (Å²) in [5.74, 6) is 1.27. The lowest BCUT2D eigenvalue weighted by Crippen LogP contribution is -2.30. The monoisotopic (exact) mass is 439 g/mol. The molecule has 0 aliphatic carbocycles. The minimum Gasteiger partial charge on any atom is -0.507 e. The number of hydrogen-bond acceptors (Lipinski definition) is 7. The first-order valence-corrected chi connectivity index (χ1v) is 10.4. The lowest BCUT2D eigenvalue weighted by molar-refractivity contribution is -0.0478. The SMILES string of the molecule is CCO[C@@H](CCO)[C@@H](OC(=O)Nc1ccc2c(c1)OCO2)c1ccc(O)c2ccccc12. The molecular formula is C24H25NO7. The lowest BCUT2D eigenvalue weighted by Gasteiger charge is -2.28. The maximum atomic E-state index is 12.8. The van der Waals surface area contributed by atoms with Crippen LogP contribution in [0.3, 0.4) is 0 Å². The number of aromatic hydroxyl groups is 1. The summed E-state index contributed by atoms with van der Waals surface area (Å²) in [6.45, 7) is 2.22. The second-order valence-corrected chi connectivity index (χ2v) is 7.24. The third-order valence-electron chi connectivity index (χ3n) is 5.23. The maximum absolute atomic E-state index is 12.8. The highest BCUT2D eigenvalue weighted by molar-refractivity contribution is 5.91. The van der Waals surface area contributed by atoms with Gasteiger partial charge in [0.2, 0.25) is 6.79 Å². The second-order valence-electron chi connectivity index (χ2n) is 7.24. The molecule has 3 N–H and O–H groups in total. The summed E-state index contributed by atoms with van der Waals surface area (Å²) in [7, 11) is 0. The van der Waals surface area contributed by atoms with Crippen LogP contribution in [0.2, 0.25) is 0 Å². The van der Waals surface area contributed by atoms with Gasteiger partial charge in [0.1, 0.15) is 11.9 Å².